The van der Waals surface area contributed by atoms with Gasteiger partial charge in [-0.25, -0.2) is 8.78 Å². The SMILES string of the molecule is O=C(NC1(CCl)CCOCC1)c1ccc(F)c(F)c1. The van der Waals surface area contributed by atoms with E-state index in [2.05, 4.69) is 5.32 Å². The van der Waals surface area contributed by atoms with E-state index in [1.807, 2.05) is 0 Å². The molecule has 1 aromatic carbocycles. The summed E-state index contributed by atoms with van der Waals surface area (Å²) in [5, 5.41) is 2.81. The summed E-state index contributed by atoms with van der Waals surface area (Å²) < 4.78 is 31.1. The van der Waals surface area contributed by atoms with Crippen LogP contribution in [0.3, 0.4) is 0 Å². The molecule has 0 atom stereocenters. The highest BCUT2D eigenvalue weighted by Crippen LogP contribution is 2.23. The molecule has 2 rings (SSSR count). The maximum Gasteiger partial charge on any atom is 0.251 e. The predicted octanol–water partition coefficient (Wildman–Crippen LogP) is 2.48. The molecule has 6 heteroatoms. The second-order valence-electron chi connectivity index (χ2n) is 4.61. The van der Waals surface area contributed by atoms with Gasteiger partial charge in [0.2, 0.25) is 0 Å². The second kappa shape index (κ2) is 5.84. The van der Waals surface area contributed by atoms with Crippen LogP contribution in [-0.4, -0.2) is 30.5 Å². The number of carbonyl (C=O) groups excluding carboxylic acids is 1. The number of amides is 1. The third-order valence-corrected chi connectivity index (χ3v) is 3.78. The average molecular weight is 290 g/mol. The molecule has 1 heterocycles. The van der Waals surface area contributed by atoms with Crippen LogP contribution in [0.4, 0.5) is 8.78 Å². The average Bonchev–Trinajstić information content (AvgIpc) is 2.43. The summed E-state index contributed by atoms with van der Waals surface area (Å²) in [6.45, 7) is 1.04. The van der Waals surface area contributed by atoms with Crippen LogP contribution in [0.25, 0.3) is 0 Å². The maximum absolute atomic E-state index is 13.1. The van der Waals surface area contributed by atoms with Gasteiger partial charge in [-0.3, -0.25) is 4.79 Å². The molecule has 1 N–H and O–H groups in total. The number of carbonyl (C=O) groups is 1. The number of rotatable bonds is 3. The van der Waals surface area contributed by atoms with Crippen LogP contribution in [0.15, 0.2) is 18.2 Å². The third kappa shape index (κ3) is 3.22. The molecule has 0 radical (unpaired) electrons. The molecule has 0 aliphatic carbocycles. The van der Waals surface area contributed by atoms with Gasteiger partial charge >= 0.3 is 0 Å². The first-order valence-corrected chi connectivity index (χ1v) is 6.51. The Morgan fingerprint density at radius 1 is 1.32 bits per heavy atom. The highest BCUT2D eigenvalue weighted by Gasteiger charge is 2.33. The molecule has 1 amide bonds. The van der Waals surface area contributed by atoms with Crippen molar-refractivity contribution in [2.24, 2.45) is 0 Å². The van der Waals surface area contributed by atoms with Crippen molar-refractivity contribution in [1.82, 2.24) is 5.32 Å². The summed E-state index contributed by atoms with van der Waals surface area (Å²) in [6, 6.07) is 3.06. The second-order valence-corrected chi connectivity index (χ2v) is 4.88. The number of benzene rings is 1. The van der Waals surface area contributed by atoms with Crippen LogP contribution in [0.1, 0.15) is 23.2 Å². The van der Waals surface area contributed by atoms with Gasteiger partial charge in [-0.15, -0.1) is 11.6 Å². The monoisotopic (exact) mass is 289 g/mol. The maximum atomic E-state index is 13.1. The van der Waals surface area contributed by atoms with E-state index in [4.69, 9.17) is 16.3 Å². The Morgan fingerprint density at radius 3 is 2.58 bits per heavy atom. The van der Waals surface area contributed by atoms with Crippen molar-refractivity contribution < 1.29 is 18.3 Å². The van der Waals surface area contributed by atoms with E-state index in [-0.39, 0.29) is 11.4 Å². The molecule has 104 valence electrons. The van der Waals surface area contributed by atoms with Crippen molar-refractivity contribution in [3.05, 3.63) is 35.4 Å². The van der Waals surface area contributed by atoms with Gasteiger partial charge in [-0.05, 0) is 31.0 Å². The van der Waals surface area contributed by atoms with E-state index >= 15 is 0 Å². The molecule has 0 bridgehead atoms. The highest BCUT2D eigenvalue weighted by atomic mass is 35.5. The lowest BCUT2D eigenvalue weighted by Gasteiger charge is -2.36. The van der Waals surface area contributed by atoms with E-state index in [0.29, 0.717) is 26.1 Å². The Bertz CT molecular complexity index is 476. The molecule has 19 heavy (non-hydrogen) atoms. The topological polar surface area (TPSA) is 38.3 Å². The molecule has 1 fully saturated rings. The highest BCUT2D eigenvalue weighted by molar-refractivity contribution is 6.19. The van der Waals surface area contributed by atoms with Crippen molar-refractivity contribution in [2.45, 2.75) is 18.4 Å². The van der Waals surface area contributed by atoms with Gasteiger partial charge in [0.25, 0.3) is 5.91 Å². The largest absolute Gasteiger partial charge is 0.381 e. The molecule has 1 aromatic rings. The van der Waals surface area contributed by atoms with Gasteiger partial charge in [-0.2, -0.15) is 0 Å². The number of hydrogen-bond acceptors (Lipinski definition) is 2. The molecule has 1 saturated heterocycles. The number of nitrogens with one attached hydrogen (secondary N) is 1. The third-order valence-electron chi connectivity index (χ3n) is 3.27. The Kier molecular flexibility index (Phi) is 4.37. The van der Waals surface area contributed by atoms with Crippen molar-refractivity contribution >= 4 is 17.5 Å². The van der Waals surface area contributed by atoms with Crippen LogP contribution >= 0.6 is 11.6 Å². The number of halogens is 3. The molecule has 0 aromatic heterocycles. The first-order chi connectivity index (χ1) is 9.06. The minimum atomic E-state index is -1.04. The summed E-state index contributed by atoms with van der Waals surface area (Å²) >= 11 is 5.92. The quantitative estimate of drug-likeness (QED) is 0.868. The van der Waals surface area contributed by atoms with Gasteiger partial charge in [-0.1, -0.05) is 0 Å². The summed E-state index contributed by atoms with van der Waals surface area (Å²) in [4.78, 5) is 12.0. The van der Waals surface area contributed by atoms with Crippen molar-refractivity contribution in [2.75, 3.05) is 19.1 Å². The predicted molar refractivity (Wildman–Crippen MR) is 67.3 cm³/mol. The lowest BCUT2D eigenvalue weighted by molar-refractivity contribution is 0.0433. The molecule has 1 aliphatic rings. The zero-order valence-electron chi connectivity index (χ0n) is 10.2. The molecule has 0 saturated carbocycles. The van der Waals surface area contributed by atoms with Gasteiger partial charge in [0.15, 0.2) is 11.6 Å². The standard InChI is InChI=1S/C13H14ClF2NO2/c14-8-13(3-5-19-6-4-13)17-12(18)9-1-2-10(15)11(16)7-9/h1-2,7H,3-6,8H2,(H,17,18). The summed E-state index contributed by atoms with van der Waals surface area (Å²) in [6.07, 6.45) is 1.21. The van der Waals surface area contributed by atoms with Crippen LogP contribution in [-0.2, 0) is 4.74 Å². The van der Waals surface area contributed by atoms with E-state index in [1.165, 1.54) is 6.07 Å². The molecule has 3 nitrogen and oxygen atoms in total. The summed E-state index contributed by atoms with van der Waals surface area (Å²) in [7, 11) is 0. The minimum absolute atomic E-state index is 0.0786. The van der Waals surface area contributed by atoms with Gasteiger partial charge in [0.05, 0.1) is 5.54 Å². The van der Waals surface area contributed by atoms with E-state index in [1.54, 1.807) is 0 Å². The van der Waals surface area contributed by atoms with E-state index in [9.17, 15) is 13.6 Å². The van der Waals surface area contributed by atoms with Gasteiger partial charge < -0.3 is 10.1 Å². The van der Waals surface area contributed by atoms with Crippen molar-refractivity contribution in [3.8, 4) is 0 Å². The first kappa shape index (κ1) is 14.2. The molecule has 0 spiro atoms. The van der Waals surface area contributed by atoms with Gasteiger partial charge in [0.1, 0.15) is 0 Å². The minimum Gasteiger partial charge on any atom is -0.381 e. The Labute approximate surface area is 114 Å². The number of hydrogen-bond donors (Lipinski definition) is 1. The fraction of sp³-hybridized carbons (Fsp3) is 0.462. The normalized spacial score (nSPS) is 18.1. The lowest BCUT2D eigenvalue weighted by Crippen LogP contribution is -2.53. The number of ether oxygens (including phenoxy) is 1. The molecular formula is C13H14ClF2NO2. The summed E-state index contributed by atoms with van der Waals surface area (Å²) in [5.74, 6) is -2.22. The van der Waals surface area contributed by atoms with Gasteiger partial charge in [0, 0.05) is 24.7 Å². The zero-order valence-corrected chi connectivity index (χ0v) is 11.0. The Hall–Kier alpha value is -1.20. The van der Waals surface area contributed by atoms with Crippen molar-refractivity contribution in [3.63, 3.8) is 0 Å². The van der Waals surface area contributed by atoms with Crippen LogP contribution in [0.2, 0.25) is 0 Å². The molecular weight excluding hydrogens is 276 g/mol. The molecule has 1 aliphatic heterocycles. The van der Waals surface area contributed by atoms with Crippen LogP contribution < -0.4 is 5.32 Å². The Morgan fingerprint density at radius 2 is 2.00 bits per heavy atom. The first-order valence-electron chi connectivity index (χ1n) is 5.98. The fourth-order valence-corrected chi connectivity index (χ4v) is 2.34. The molecule has 0 unspecified atom stereocenters. The van der Waals surface area contributed by atoms with E-state index < -0.39 is 23.1 Å². The van der Waals surface area contributed by atoms with Crippen LogP contribution in [0, 0.1) is 11.6 Å². The van der Waals surface area contributed by atoms with Crippen LogP contribution in [0.5, 0.6) is 0 Å². The summed E-state index contributed by atoms with van der Waals surface area (Å²) in [5.41, 5.74) is -0.461. The Balaban J connectivity index is 2.12. The lowest BCUT2D eigenvalue weighted by atomic mass is 9.92. The smallest absolute Gasteiger partial charge is 0.251 e. The fourth-order valence-electron chi connectivity index (χ4n) is 2.00. The van der Waals surface area contributed by atoms with Crippen molar-refractivity contribution in [1.29, 1.82) is 0 Å². The number of alkyl halides is 1. The van der Waals surface area contributed by atoms with E-state index in [0.717, 1.165) is 12.1 Å². The zero-order chi connectivity index (χ0) is 13.9.